The number of halogens is 1. The van der Waals surface area contributed by atoms with E-state index in [1.807, 2.05) is 6.08 Å². The molecule has 1 nitrogen and oxygen atoms in total. The fourth-order valence-corrected chi connectivity index (χ4v) is 2.26. The van der Waals surface area contributed by atoms with E-state index in [1.165, 1.54) is 11.1 Å². The Hall–Kier alpha value is -0.790. The van der Waals surface area contributed by atoms with E-state index < -0.39 is 0 Å². The van der Waals surface area contributed by atoms with Crippen LogP contribution in [0.1, 0.15) is 30.5 Å². The molecule has 15 heavy (non-hydrogen) atoms. The van der Waals surface area contributed by atoms with Crippen LogP contribution >= 0.6 is 12.4 Å². The molecule has 82 valence electrons. The number of fused-ring (bicyclic) bond motifs is 1. The van der Waals surface area contributed by atoms with Crippen molar-refractivity contribution in [3.05, 3.63) is 48.0 Å². The molecule has 0 aromatic heterocycles. The summed E-state index contributed by atoms with van der Waals surface area (Å²) in [5, 5.41) is 3.60. The summed E-state index contributed by atoms with van der Waals surface area (Å²) in [4.78, 5) is 0. The van der Waals surface area contributed by atoms with Crippen LogP contribution in [0.15, 0.2) is 36.9 Å². The molecule has 1 aromatic carbocycles. The second-order valence-electron chi connectivity index (χ2n) is 4.01. The lowest BCUT2D eigenvalue weighted by atomic mass is 9.90. The van der Waals surface area contributed by atoms with Gasteiger partial charge in [-0.05, 0) is 30.9 Å². The van der Waals surface area contributed by atoms with Gasteiger partial charge in [0, 0.05) is 12.1 Å². The van der Waals surface area contributed by atoms with Crippen molar-refractivity contribution >= 4 is 12.4 Å². The van der Waals surface area contributed by atoms with Crippen molar-refractivity contribution in [2.75, 3.05) is 0 Å². The van der Waals surface area contributed by atoms with Crippen molar-refractivity contribution in [3.8, 4) is 0 Å². The van der Waals surface area contributed by atoms with Crippen molar-refractivity contribution in [2.24, 2.45) is 0 Å². The molecule has 0 aliphatic carbocycles. The molecule has 2 heteroatoms. The van der Waals surface area contributed by atoms with Crippen LogP contribution in [-0.4, -0.2) is 6.04 Å². The van der Waals surface area contributed by atoms with Gasteiger partial charge in [-0.1, -0.05) is 30.3 Å². The molecule has 2 atom stereocenters. The average molecular weight is 224 g/mol. The summed E-state index contributed by atoms with van der Waals surface area (Å²) in [5.41, 5.74) is 2.94. The SMILES string of the molecule is C=CC[C@@H]1Cc2ccccc2[C@@H](C)N1.Cl. The number of rotatable bonds is 2. The maximum Gasteiger partial charge on any atom is 0.0297 e. The number of hydrogen-bond acceptors (Lipinski definition) is 1. The van der Waals surface area contributed by atoms with Crippen LogP contribution in [-0.2, 0) is 6.42 Å². The van der Waals surface area contributed by atoms with Crippen molar-refractivity contribution in [3.63, 3.8) is 0 Å². The predicted octanol–water partition coefficient (Wildman–Crippen LogP) is 3.26. The molecular formula is C13H18ClN. The summed E-state index contributed by atoms with van der Waals surface area (Å²) in [6, 6.07) is 9.74. The van der Waals surface area contributed by atoms with Crippen molar-refractivity contribution in [2.45, 2.75) is 31.8 Å². The third-order valence-electron chi connectivity index (χ3n) is 2.92. The van der Waals surface area contributed by atoms with Crippen LogP contribution in [0, 0.1) is 0 Å². The summed E-state index contributed by atoms with van der Waals surface area (Å²) >= 11 is 0. The third-order valence-corrected chi connectivity index (χ3v) is 2.92. The largest absolute Gasteiger partial charge is 0.307 e. The van der Waals surface area contributed by atoms with Crippen molar-refractivity contribution in [1.29, 1.82) is 0 Å². The fraction of sp³-hybridized carbons (Fsp3) is 0.385. The number of nitrogens with one attached hydrogen (secondary N) is 1. The van der Waals surface area contributed by atoms with E-state index in [0.29, 0.717) is 12.1 Å². The highest BCUT2D eigenvalue weighted by atomic mass is 35.5. The number of benzene rings is 1. The van der Waals surface area contributed by atoms with Gasteiger partial charge in [0.2, 0.25) is 0 Å². The van der Waals surface area contributed by atoms with E-state index in [4.69, 9.17) is 0 Å². The van der Waals surface area contributed by atoms with E-state index in [9.17, 15) is 0 Å². The zero-order chi connectivity index (χ0) is 9.97. The molecule has 0 fully saturated rings. The molecule has 1 aliphatic rings. The van der Waals surface area contributed by atoms with E-state index in [-0.39, 0.29) is 12.4 Å². The Balaban J connectivity index is 0.00000112. The van der Waals surface area contributed by atoms with E-state index in [0.717, 1.165) is 12.8 Å². The highest BCUT2D eigenvalue weighted by molar-refractivity contribution is 5.85. The monoisotopic (exact) mass is 223 g/mol. The average Bonchev–Trinajstić information content (AvgIpc) is 2.18. The predicted molar refractivity (Wildman–Crippen MR) is 67.5 cm³/mol. The Labute approximate surface area is 98.0 Å². The molecule has 1 aliphatic heterocycles. The van der Waals surface area contributed by atoms with Gasteiger partial charge in [0.1, 0.15) is 0 Å². The first kappa shape index (κ1) is 12.3. The van der Waals surface area contributed by atoms with Gasteiger partial charge in [-0.3, -0.25) is 0 Å². The van der Waals surface area contributed by atoms with Gasteiger partial charge < -0.3 is 5.32 Å². The highest BCUT2D eigenvalue weighted by Gasteiger charge is 2.21. The van der Waals surface area contributed by atoms with Crippen LogP contribution < -0.4 is 5.32 Å². The van der Waals surface area contributed by atoms with Crippen LogP contribution in [0.25, 0.3) is 0 Å². The molecule has 0 saturated carbocycles. The molecule has 0 amide bonds. The van der Waals surface area contributed by atoms with Crippen molar-refractivity contribution < 1.29 is 0 Å². The maximum absolute atomic E-state index is 3.80. The van der Waals surface area contributed by atoms with Gasteiger partial charge in [0.05, 0.1) is 0 Å². The van der Waals surface area contributed by atoms with E-state index in [1.54, 1.807) is 0 Å². The molecule has 1 heterocycles. The lowest BCUT2D eigenvalue weighted by Gasteiger charge is -2.30. The second-order valence-corrected chi connectivity index (χ2v) is 4.01. The quantitative estimate of drug-likeness (QED) is 0.759. The van der Waals surface area contributed by atoms with Crippen LogP contribution in [0.4, 0.5) is 0 Å². The highest BCUT2D eigenvalue weighted by Crippen LogP contribution is 2.25. The molecule has 1 N–H and O–H groups in total. The minimum Gasteiger partial charge on any atom is -0.307 e. The normalized spacial score (nSPS) is 23.8. The van der Waals surface area contributed by atoms with Crippen molar-refractivity contribution in [1.82, 2.24) is 5.32 Å². The Kier molecular flexibility index (Phi) is 4.37. The van der Waals surface area contributed by atoms with E-state index >= 15 is 0 Å². The fourth-order valence-electron chi connectivity index (χ4n) is 2.26. The van der Waals surface area contributed by atoms with Crippen LogP contribution in [0.5, 0.6) is 0 Å². The molecule has 0 unspecified atom stereocenters. The summed E-state index contributed by atoms with van der Waals surface area (Å²) in [6.07, 6.45) is 4.18. The lowest BCUT2D eigenvalue weighted by Crippen LogP contribution is -2.37. The first-order valence-electron chi connectivity index (χ1n) is 5.26. The molecule has 2 rings (SSSR count). The van der Waals surface area contributed by atoms with Gasteiger partial charge in [0.15, 0.2) is 0 Å². The molecular weight excluding hydrogens is 206 g/mol. The van der Waals surface area contributed by atoms with Gasteiger partial charge in [0.25, 0.3) is 0 Å². The second kappa shape index (κ2) is 5.34. The lowest BCUT2D eigenvalue weighted by molar-refractivity contribution is 0.424. The number of hydrogen-bond donors (Lipinski definition) is 1. The molecule has 1 aromatic rings. The van der Waals surface area contributed by atoms with Gasteiger partial charge >= 0.3 is 0 Å². The third kappa shape index (κ3) is 2.61. The summed E-state index contributed by atoms with van der Waals surface area (Å²) in [6.45, 7) is 6.03. The topological polar surface area (TPSA) is 12.0 Å². The molecule has 0 spiro atoms. The van der Waals surface area contributed by atoms with Gasteiger partial charge in [-0.15, -0.1) is 19.0 Å². The summed E-state index contributed by atoms with van der Waals surface area (Å²) in [7, 11) is 0. The minimum absolute atomic E-state index is 0. The van der Waals surface area contributed by atoms with Crippen LogP contribution in [0.2, 0.25) is 0 Å². The van der Waals surface area contributed by atoms with E-state index in [2.05, 4.69) is 43.1 Å². The Morgan fingerprint density at radius 3 is 2.93 bits per heavy atom. The molecule has 0 saturated heterocycles. The van der Waals surface area contributed by atoms with Crippen LogP contribution in [0.3, 0.4) is 0 Å². The molecule has 0 radical (unpaired) electrons. The smallest absolute Gasteiger partial charge is 0.0297 e. The Morgan fingerprint density at radius 2 is 2.20 bits per heavy atom. The Bertz CT molecular complexity index is 335. The first-order valence-corrected chi connectivity index (χ1v) is 5.26. The first-order chi connectivity index (χ1) is 6.81. The summed E-state index contributed by atoms with van der Waals surface area (Å²) < 4.78 is 0. The standard InChI is InChI=1S/C13H17N.ClH/c1-3-6-12-9-11-7-4-5-8-13(11)10(2)14-12;/h3-5,7-8,10,12,14H,1,6,9H2,2H3;1H/t10-,12-;/m1./s1. The Morgan fingerprint density at radius 1 is 1.47 bits per heavy atom. The maximum atomic E-state index is 3.80. The minimum atomic E-state index is 0. The zero-order valence-corrected chi connectivity index (χ0v) is 9.89. The van der Waals surface area contributed by atoms with Gasteiger partial charge in [-0.2, -0.15) is 0 Å². The van der Waals surface area contributed by atoms with Gasteiger partial charge in [-0.25, -0.2) is 0 Å². The zero-order valence-electron chi connectivity index (χ0n) is 9.07. The molecule has 0 bridgehead atoms. The summed E-state index contributed by atoms with van der Waals surface area (Å²) in [5.74, 6) is 0.